The van der Waals surface area contributed by atoms with E-state index >= 15 is 0 Å². The molecule has 4 N–H and O–H groups in total. The van der Waals surface area contributed by atoms with Gasteiger partial charge in [0.25, 0.3) is 0 Å². The highest BCUT2D eigenvalue weighted by molar-refractivity contribution is 5.92. The summed E-state index contributed by atoms with van der Waals surface area (Å²) in [6.07, 6.45) is 5.58. The van der Waals surface area contributed by atoms with Crippen molar-refractivity contribution in [2.45, 2.75) is 124 Å². The summed E-state index contributed by atoms with van der Waals surface area (Å²) in [7, 11) is 0. The van der Waals surface area contributed by atoms with E-state index in [0.29, 0.717) is 19.5 Å². The molecule has 40 heavy (non-hydrogen) atoms. The number of unbranched alkanes of at least 4 members (excludes halogenated alkanes) is 5. The highest BCUT2D eigenvalue weighted by Gasteiger charge is 2.36. The predicted molar refractivity (Wildman–Crippen MR) is 159 cm³/mol. The maximum atomic E-state index is 14.2. The van der Waals surface area contributed by atoms with E-state index in [-0.39, 0.29) is 18.7 Å². The fraction of sp³-hybridized carbons (Fsp3) is 0.677. The summed E-state index contributed by atoms with van der Waals surface area (Å²) in [4.78, 5) is 54.0. The lowest BCUT2D eigenvalue weighted by Gasteiger charge is -2.35. The van der Waals surface area contributed by atoms with E-state index in [4.69, 9.17) is 10.5 Å². The van der Waals surface area contributed by atoms with E-state index in [1.807, 2.05) is 32.0 Å². The van der Waals surface area contributed by atoms with Gasteiger partial charge in [-0.05, 0) is 70.6 Å². The molecule has 0 aromatic heterocycles. The normalized spacial score (nSPS) is 12.8. The van der Waals surface area contributed by atoms with Crippen LogP contribution in [0.5, 0.6) is 0 Å². The van der Waals surface area contributed by atoms with Gasteiger partial charge in [0.2, 0.25) is 17.7 Å². The summed E-state index contributed by atoms with van der Waals surface area (Å²) in [5.41, 5.74) is 7.31. The van der Waals surface area contributed by atoms with E-state index in [2.05, 4.69) is 24.5 Å². The van der Waals surface area contributed by atoms with Crippen LogP contribution in [0, 0.1) is 13.8 Å². The Morgan fingerprint density at radius 1 is 0.975 bits per heavy atom. The maximum absolute atomic E-state index is 14.2. The second kappa shape index (κ2) is 17.6. The Labute approximate surface area is 241 Å². The molecular formula is C31H52N4O5. The van der Waals surface area contributed by atoms with Crippen LogP contribution in [-0.4, -0.2) is 53.4 Å². The van der Waals surface area contributed by atoms with Crippen LogP contribution in [0.2, 0.25) is 0 Å². The van der Waals surface area contributed by atoms with Crippen molar-refractivity contribution in [3.05, 3.63) is 34.9 Å². The number of rotatable bonds is 17. The number of hydrogen-bond acceptors (Lipinski definition) is 5. The number of carbonyl (C=O) groups excluding carboxylic acids is 4. The molecule has 9 nitrogen and oxygen atoms in total. The number of nitrogens with two attached hydrogens (primary N) is 1. The summed E-state index contributed by atoms with van der Waals surface area (Å²) < 4.78 is 5.41. The zero-order chi connectivity index (χ0) is 30.3. The van der Waals surface area contributed by atoms with E-state index in [1.54, 1.807) is 25.7 Å². The number of nitrogens with zero attached hydrogens (tertiary/aromatic N) is 1. The third-order valence-electron chi connectivity index (χ3n) is 6.78. The van der Waals surface area contributed by atoms with Gasteiger partial charge in [0.15, 0.2) is 0 Å². The molecule has 4 amide bonds. The second-order valence-electron chi connectivity index (χ2n) is 11.5. The molecule has 0 radical (unpaired) electrons. The molecule has 0 heterocycles. The summed E-state index contributed by atoms with van der Waals surface area (Å²) in [6.45, 7) is 14.1. The molecule has 0 spiro atoms. The first-order valence-electron chi connectivity index (χ1n) is 14.7. The SMILES string of the molecule is CCCCCCN(C(=O)C(CCC(N)=O)NC(=O)OC(C)(C)C)C(C(=O)NCCCCC)c1cccc(C)c1C. The highest BCUT2D eigenvalue weighted by atomic mass is 16.6. The quantitative estimate of drug-likeness (QED) is 0.225. The molecule has 2 unspecified atom stereocenters. The van der Waals surface area contributed by atoms with Crippen LogP contribution in [0.1, 0.15) is 115 Å². The number of nitrogens with one attached hydrogen (secondary N) is 2. The third-order valence-corrected chi connectivity index (χ3v) is 6.78. The zero-order valence-corrected chi connectivity index (χ0v) is 25.7. The summed E-state index contributed by atoms with van der Waals surface area (Å²) in [6, 6.07) is 3.76. The zero-order valence-electron chi connectivity index (χ0n) is 25.7. The molecule has 1 aromatic carbocycles. The Morgan fingerprint density at radius 3 is 2.23 bits per heavy atom. The number of carbonyl (C=O) groups is 4. The average Bonchev–Trinajstić information content (AvgIpc) is 2.86. The summed E-state index contributed by atoms with van der Waals surface area (Å²) in [5, 5.41) is 5.69. The molecule has 0 saturated heterocycles. The van der Waals surface area contributed by atoms with E-state index in [1.165, 1.54) is 0 Å². The third kappa shape index (κ3) is 12.4. The molecule has 0 aliphatic carbocycles. The van der Waals surface area contributed by atoms with Crippen LogP contribution in [0.3, 0.4) is 0 Å². The van der Waals surface area contributed by atoms with Crippen LogP contribution < -0.4 is 16.4 Å². The smallest absolute Gasteiger partial charge is 0.408 e. The lowest BCUT2D eigenvalue weighted by Crippen LogP contribution is -2.53. The summed E-state index contributed by atoms with van der Waals surface area (Å²) in [5.74, 6) is -1.30. The fourth-order valence-corrected chi connectivity index (χ4v) is 4.47. The Kier molecular flexibility index (Phi) is 15.3. The van der Waals surface area contributed by atoms with Gasteiger partial charge in [0, 0.05) is 19.5 Å². The fourth-order valence-electron chi connectivity index (χ4n) is 4.47. The Balaban J connectivity index is 3.54. The van der Waals surface area contributed by atoms with Crippen LogP contribution >= 0.6 is 0 Å². The number of amides is 4. The lowest BCUT2D eigenvalue weighted by molar-refractivity contribution is -0.142. The van der Waals surface area contributed by atoms with Crippen molar-refractivity contribution >= 4 is 23.8 Å². The molecule has 0 saturated carbocycles. The molecular weight excluding hydrogens is 508 g/mol. The average molecular weight is 561 g/mol. The van der Waals surface area contributed by atoms with Crippen molar-refractivity contribution in [1.82, 2.24) is 15.5 Å². The predicted octanol–water partition coefficient (Wildman–Crippen LogP) is 5.22. The number of aryl methyl sites for hydroxylation is 1. The molecule has 0 bridgehead atoms. The number of primary amides is 1. The molecule has 2 atom stereocenters. The first-order chi connectivity index (χ1) is 18.8. The minimum Gasteiger partial charge on any atom is -0.444 e. The van der Waals surface area contributed by atoms with Gasteiger partial charge in [-0.3, -0.25) is 14.4 Å². The van der Waals surface area contributed by atoms with Crippen molar-refractivity contribution in [2.75, 3.05) is 13.1 Å². The largest absolute Gasteiger partial charge is 0.444 e. The van der Waals surface area contributed by atoms with Gasteiger partial charge in [-0.15, -0.1) is 0 Å². The van der Waals surface area contributed by atoms with Gasteiger partial charge in [-0.1, -0.05) is 64.2 Å². The van der Waals surface area contributed by atoms with Crippen molar-refractivity contribution in [3.8, 4) is 0 Å². The first-order valence-corrected chi connectivity index (χ1v) is 14.7. The first kappa shape index (κ1) is 34.9. The number of alkyl carbamates (subject to hydrolysis) is 1. The van der Waals surface area contributed by atoms with Crippen molar-refractivity contribution in [2.24, 2.45) is 5.73 Å². The van der Waals surface area contributed by atoms with Crippen LogP contribution in [0.15, 0.2) is 18.2 Å². The van der Waals surface area contributed by atoms with Crippen molar-refractivity contribution < 1.29 is 23.9 Å². The van der Waals surface area contributed by atoms with E-state index in [9.17, 15) is 19.2 Å². The van der Waals surface area contributed by atoms with Crippen molar-refractivity contribution in [1.29, 1.82) is 0 Å². The van der Waals surface area contributed by atoms with Gasteiger partial charge < -0.3 is 26.0 Å². The molecule has 9 heteroatoms. The monoisotopic (exact) mass is 560 g/mol. The summed E-state index contributed by atoms with van der Waals surface area (Å²) >= 11 is 0. The van der Waals surface area contributed by atoms with Gasteiger partial charge in [0.05, 0.1) is 0 Å². The standard InChI is InChI=1S/C31H52N4O5/c1-8-10-12-14-21-35(29(38)25(18-19-26(32)36)34-30(39)40-31(5,6)7)27(28(37)33-20-13-11-9-2)24-17-15-16-22(3)23(24)4/h15-17,25,27H,8-14,18-21H2,1-7H3,(H2,32,36)(H,33,37)(H,34,39). The van der Waals surface area contributed by atoms with Gasteiger partial charge in [-0.2, -0.15) is 0 Å². The van der Waals surface area contributed by atoms with E-state index < -0.39 is 35.6 Å². The van der Waals surface area contributed by atoms with Crippen LogP contribution in [-0.2, 0) is 19.1 Å². The molecule has 0 aliphatic rings. The lowest BCUT2D eigenvalue weighted by atomic mass is 9.94. The van der Waals surface area contributed by atoms with Crippen LogP contribution in [0.4, 0.5) is 4.79 Å². The van der Waals surface area contributed by atoms with Gasteiger partial charge in [-0.25, -0.2) is 4.79 Å². The Bertz CT molecular complexity index is 973. The van der Waals surface area contributed by atoms with Gasteiger partial charge in [0.1, 0.15) is 17.7 Å². The molecule has 0 fully saturated rings. The topological polar surface area (TPSA) is 131 Å². The second-order valence-corrected chi connectivity index (χ2v) is 11.5. The minimum absolute atomic E-state index is 0.00346. The van der Waals surface area contributed by atoms with Gasteiger partial charge >= 0.3 is 6.09 Å². The molecule has 226 valence electrons. The minimum atomic E-state index is -1.09. The number of ether oxygens (including phenoxy) is 1. The highest BCUT2D eigenvalue weighted by Crippen LogP contribution is 2.28. The maximum Gasteiger partial charge on any atom is 0.408 e. The molecule has 1 aromatic rings. The van der Waals surface area contributed by atoms with Crippen LogP contribution in [0.25, 0.3) is 0 Å². The number of benzene rings is 1. The molecule has 1 rings (SSSR count). The van der Waals surface area contributed by atoms with E-state index in [0.717, 1.165) is 55.2 Å². The molecule has 0 aliphatic heterocycles. The Morgan fingerprint density at radius 2 is 1.62 bits per heavy atom. The Hall–Kier alpha value is -3.10. The van der Waals surface area contributed by atoms with Crippen molar-refractivity contribution in [3.63, 3.8) is 0 Å². The number of hydrogen-bond donors (Lipinski definition) is 3.